The summed E-state index contributed by atoms with van der Waals surface area (Å²) < 4.78 is 0. The van der Waals surface area contributed by atoms with Gasteiger partial charge in [-0.05, 0) is 55.2 Å². The van der Waals surface area contributed by atoms with Gasteiger partial charge in [0.05, 0.1) is 11.1 Å². The van der Waals surface area contributed by atoms with E-state index in [2.05, 4.69) is 10.3 Å². The predicted molar refractivity (Wildman–Crippen MR) is 124 cm³/mol. The Morgan fingerprint density at radius 3 is 2.65 bits per heavy atom. The van der Waals surface area contributed by atoms with Gasteiger partial charge >= 0.3 is 0 Å². The Labute approximate surface area is 195 Å². The average molecular weight is 454 g/mol. The maximum Gasteiger partial charge on any atom is 0.256 e. The summed E-state index contributed by atoms with van der Waals surface area (Å²) in [5.41, 5.74) is 3.10. The SMILES string of the molecule is O=C(Nc1ccc2c(c1)CN(C1CCC(=O)N(C3CC3)C1=O)C2=O)c1ccnc2ccccc12. The number of pyridine rings is 1. The number of likely N-dealkylation sites (tertiary alicyclic amines) is 1. The first-order chi connectivity index (χ1) is 16.5. The number of nitrogens with one attached hydrogen (secondary N) is 1. The molecule has 1 atom stereocenters. The standard InChI is InChI=1S/C26H22N4O4/c31-23-10-9-22(26(34)30(23)17-6-7-17)29-14-15-13-16(5-8-18(15)25(29)33)28-24(32)20-11-12-27-21-4-2-1-3-19(20)21/h1-5,8,11-13,17,22H,6-7,9-10,14H2,(H,28,32). The summed E-state index contributed by atoms with van der Waals surface area (Å²) in [6.07, 6.45) is 3.91. The lowest BCUT2D eigenvalue weighted by molar-refractivity contribution is -0.153. The minimum atomic E-state index is -0.626. The first-order valence-electron chi connectivity index (χ1n) is 11.5. The monoisotopic (exact) mass is 454 g/mol. The summed E-state index contributed by atoms with van der Waals surface area (Å²) in [6.45, 7) is 0.277. The van der Waals surface area contributed by atoms with Crippen LogP contribution in [0.25, 0.3) is 10.9 Å². The van der Waals surface area contributed by atoms with Gasteiger partial charge in [0, 0.05) is 41.8 Å². The van der Waals surface area contributed by atoms with Crippen molar-refractivity contribution in [2.75, 3.05) is 5.32 Å². The Balaban J connectivity index is 1.22. The largest absolute Gasteiger partial charge is 0.322 e. The fourth-order valence-corrected chi connectivity index (χ4v) is 4.96. The highest BCUT2D eigenvalue weighted by molar-refractivity contribution is 6.12. The number of anilines is 1. The van der Waals surface area contributed by atoms with Gasteiger partial charge in [0.2, 0.25) is 5.91 Å². The predicted octanol–water partition coefficient (Wildman–Crippen LogP) is 3.12. The second kappa shape index (κ2) is 7.76. The highest BCUT2D eigenvalue weighted by Gasteiger charge is 2.47. The van der Waals surface area contributed by atoms with Gasteiger partial charge < -0.3 is 10.2 Å². The van der Waals surface area contributed by atoms with E-state index in [1.807, 2.05) is 24.3 Å². The van der Waals surface area contributed by atoms with Gasteiger partial charge in [-0.3, -0.25) is 29.1 Å². The number of benzene rings is 2. The van der Waals surface area contributed by atoms with Crippen LogP contribution in [0.2, 0.25) is 0 Å². The Bertz CT molecular complexity index is 1370. The lowest BCUT2D eigenvalue weighted by Crippen LogP contribution is -2.55. The quantitative estimate of drug-likeness (QED) is 0.611. The molecular weight excluding hydrogens is 432 g/mol. The van der Waals surface area contributed by atoms with Crippen molar-refractivity contribution in [3.05, 3.63) is 71.4 Å². The minimum absolute atomic E-state index is 0.00559. The van der Waals surface area contributed by atoms with E-state index in [4.69, 9.17) is 0 Å². The number of rotatable bonds is 4. The van der Waals surface area contributed by atoms with Gasteiger partial charge in [-0.2, -0.15) is 0 Å². The van der Waals surface area contributed by atoms with Crippen LogP contribution in [0, 0.1) is 0 Å². The van der Waals surface area contributed by atoms with Crippen LogP contribution in [0.4, 0.5) is 5.69 Å². The zero-order chi connectivity index (χ0) is 23.4. The number of nitrogens with zero attached hydrogens (tertiary/aromatic N) is 3. The number of hydrogen-bond acceptors (Lipinski definition) is 5. The zero-order valence-electron chi connectivity index (χ0n) is 18.4. The van der Waals surface area contributed by atoms with Gasteiger partial charge in [-0.15, -0.1) is 0 Å². The smallest absolute Gasteiger partial charge is 0.256 e. The molecule has 3 aliphatic rings. The van der Waals surface area contributed by atoms with E-state index < -0.39 is 6.04 Å². The van der Waals surface area contributed by atoms with Crippen LogP contribution in [0.3, 0.4) is 0 Å². The highest BCUT2D eigenvalue weighted by Crippen LogP contribution is 2.35. The lowest BCUT2D eigenvalue weighted by Gasteiger charge is -2.35. The first kappa shape index (κ1) is 20.5. The van der Waals surface area contributed by atoms with Gasteiger partial charge in [0.25, 0.3) is 17.7 Å². The van der Waals surface area contributed by atoms with E-state index in [1.165, 1.54) is 4.90 Å². The molecule has 1 saturated heterocycles. The summed E-state index contributed by atoms with van der Waals surface area (Å²) >= 11 is 0. The molecule has 1 unspecified atom stereocenters. The maximum atomic E-state index is 13.1. The van der Waals surface area contributed by atoms with Crippen LogP contribution in [-0.4, -0.2) is 50.5 Å². The van der Waals surface area contributed by atoms with Gasteiger partial charge in [-0.25, -0.2) is 0 Å². The third-order valence-electron chi connectivity index (χ3n) is 6.80. The fraction of sp³-hybridized carbons (Fsp3) is 0.269. The van der Waals surface area contributed by atoms with Crippen LogP contribution < -0.4 is 5.32 Å². The Kier molecular flexibility index (Phi) is 4.69. The van der Waals surface area contributed by atoms with Gasteiger partial charge in [-0.1, -0.05) is 18.2 Å². The lowest BCUT2D eigenvalue weighted by atomic mass is 10.0. The van der Waals surface area contributed by atoms with Crippen LogP contribution in [0.5, 0.6) is 0 Å². The second-order valence-electron chi connectivity index (χ2n) is 9.02. The van der Waals surface area contributed by atoms with Crippen molar-refractivity contribution in [3.63, 3.8) is 0 Å². The summed E-state index contributed by atoms with van der Waals surface area (Å²) in [5.74, 6) is -0.878. The van der Waals surface area contributed by atoms with E-state index in [-0.39, 0.29) is 42.6 Å². The molecule has 1 saturated carbocycles. The van der Waals surface area contributed by atoms with Crippen molar-refractivity contribution in [2.24, 2.45) is 0 Å². The van der Waals surface area contributed by atoms with Crippen molar-refractivity contribution < 1.29 is 19.2 Å². The fourth-order valence-electron chi connectivity index (χ4n) is 4.96. The van der Waals surface area contributed by atoms with Gasteiger partial charge in [0.1, 0.15) is 6.04 Å². The third kappa shape index (κ3) is 3.34. The van der Waals surface area contributed by atoms with E-state index >= 15 is 0 Å². The number of aromatic nitrogens is 1. The molecule has 34 heavy (non-hydrogen) atoms. The normalized spacial score (nSPS) is 20.1. The number of amides is 4. The molecule has 0 radical (unpaired) electrons. The number of para-hydroxylation sites is 1. The minimum Gasteiger partial charge on any atom is -0.322 e. The first-order valence-corrected chi connectivity index (χ1v) is 11.5. The van der Waals surface area contributed by atoms with Crippen molar-refractivity contribution in [1.29, 1.82) is 0 Å². The molecule has 8 nitrogen and oxygen atoms in total. The number of carbonyl (C=O) groups excluding carboxylic acids is 4. The molecule has 170 valence electrons. The molecule has 2 aromatic carbocycles. The Morgan fingerprint density at radius 1 is 1.00 bits per heavy atom. The maximum absolute atomic E-state index is 13.1. The van der Waals surface area contributed by atoms with Crippen molar-refractivity contribution in [3.8, 4) is 0 Å². The van der Waals surface area contributed by atoms with Crippen LogP contribution >= 0.6 is 0 Å². The molecule has 0 spiro atoms. The number of hydrogen-bond donors (Lipinski definition) is 1. The zero-order valence-corrected chi connectivity index (χ0v) is 18.4. The Hall–Kier alpha value is -4.07. The van der Waals surface area contributed by atoms with E-state index in [0.717, 1.165) is 29.3 Å². The molecule has 0 bridgehead atoms. The number of carbonyl (C=O) groups is 4. The van der Waals surface area contributed by atoms with E-state index in [0.29, 0.717) is 23.2 Å². The summed E-state index contributed by atoms with van der Waals surface area (Å²) in [4.78, 5) is 58.6. The summed E-state index contributed by atoms with van der Waals surface area (Å²) in [6, 6.07) is 13.7. The highest BCUT2D eigenvalue weighted by atomic mass is 16.2. The average Bonchev–Trinajstić information content (AvgIpc) is 3.62. The molecule has 2 aliphatic heterocycles. The molecule has 3 aromatic rings. The number of piperidine rings is 1. The molecular formula is C26H22N4O4. The Morgan fingerprint density at radius 2 is 1.82 bits per heavy atom. The van der Waals surface area contributed by atoms with Crippen LogP contribution in [-0.2, 0) is 16.1 Å². The summed E-state index contributed by atoms with van der Waals surface area (Å²) in [5, 5.41) is 3.68. The van der Waals surface area contributed by atoms with Crippen molar-refractivity contribution >= 4 is 40.2 Å². The molecule has 1 aromatic heterocycles. The van der Waals surface area contributed by atoms with E-state index in [1.54, 1.807) is 35.4 Å². The van der Waals surface area contributed by atoms with E-state index in [9.17, 15) is 19.2 Å². The molecule has 6 rings (SSSR count). The molecule has 8 heteroatoms. The van der Waals surface area contributed by atoms with Crippen LogP contribution in [0.1, 0.15) is 52.0 Å². The molecule has 2 fully saturated rings. The molecule has 3 heterocycles. The number of fused-ring (bicyclic) bond motifs is 2. The second-order valence-corrected chi connectivity index (χ2v) is 9.02. The van der Waals surface area contributed by atoms with Crippen LogP contribution in [0.15, 0.2) is 54.7 Å². The van der Waals surface area contributed by atoms with Gasteiger partial charge in [0.15, 0.2) is 0 Å². The molecule has 4 amide bonds. The molecule has 1 aliphatic carbocycles. The van der Waals surface area contributed by atoms with Crippen molar-refractivity contribution in [1.82, 2.24) is 14.8 Å². The topological polar surface area (TPSA) is 99.7 Å². The number of imide groups is 1. The molecule has 1 N–H and O–H groups in total. The van der Waals surface area contributed by atoms with Crippen molar-refractivity contribution in [2.45, 2.75) is 44.3 Å². The summed E-state index contributed by atoms with van der Waals surface area (Å²) in [7, 11) is 0. The third-order valence-corrected chi connectivity index (χ3v) is 6.80.